The minimum absolute atomic E-state index is 0.0301. The molecule has 3 atom stereocenters. The van der Waals surface area contributed by atoms with Crippen molar-refractivity contribution in [2.24, 2.45) is 0 Å². The second-order valence-corrected chi connectivity index (χ2v) is 10.5. The molecule has 1 saturated carbocycles. The van der Waals surface area contributed by atoms with Crippen molar-refractivity contribution >= 4 is 33.8 Å². The Hall–Kier alpha value is -2.38. The van der Waals surface area contributed by atoms with Gasteiger partial charge in [0.25, 0.3) is 0 Å². The van der Waals surface area contributed by atoms with Gasteiger partial charge in [-0.2, -0.15) is 0 Å². The van der Waals surface area contributed by atoms with E-state index in [1.807, 2.05) is 0 Å². The quantitative estimate of drug-likeness (QED) is 0.722. The molecule has 0 bridgehead atoms. The Morgan fingerprint density at radius 2 is 1.69 bits per heavy atom. The average Bonchev–Trinajstić information content (AvgIpc) is 3.30. The molecular weight excluding hydrogens is 414 g/mol. The van der Waals surface area contributed by atoms with Crippen molar-refractivity contribution in [3.63, 3.8) is 0 Å². The standard InChI is InChI=1S/C21H22ClNO5S/c1-20(2,3)28-19(25)23-21(13-24)17(14-7-5-4-6-8-14)18(21)29(26,27)16-11-9-15(22)10-12-16/h4-13,17-18H,1-3H3,(H,23,25)/t17-,18+,21+/m1/s1. The number of sulfone groups is 1. The summed E-state index contributed by atoms with van der Waals surface area (Å²) in [7, 11) is -3.95. The summed E-state index contributed by atoms with van der Waals surface area (Å²) in [6.45, 7) is 5.05. The number of ether oxygens (including phenoxy) is 1. The molecule has 0 saturated heterocycles. The number of halogens is 1. The minimum Gasteiger partial charge on any atom is -0.444 e. The fourth-order valence-electron chi connectivity index (χ4n) is 3.49. The number of benzene rings is 2. The molecule has 1 N–H and O–H groups in total. The average molecular weight is 436 g/mol. The highest BCUT2D eigenvalue weighted by molar-refractivity contribution is 7.92. The lowest BCUT2D eigenvalue weighted by atomic mass is 10.1. The van der Waals surface area contributed by atoms with Gasteiger partial charge in [0.1, 0.15) is 22.7 Å². The van der Waals surface area contributed by atoms with Crippen LogP contribution in [0.4, 0.5) is 4.79 Å². The highest BCUT2D eigenvalue weighted by atomic mass is 35.5. The van der Waals surface area contributed by atoms with Crippen LogP contribution in [0.15, 0.2) is 59.5 Å². The van der Waals surface area contributed by atoms with Crippen molar-refractivity contribution in [3.05, 3.63) is 65.2 Å². The van der Waals surface area contributed by atoms with Gasteiger partial charge in [-0.1, -0.05) is 41.9 Å². The third-order valence-electron chi connectivity index (χ3n) is 4.73. The summed E-state index contributed by atoms with van der Waals surface area (Å²) in [5, 5.41) is 1.76. The van der Waals surface area contributed by atoms with E-state index in [-0.39, 0.29) is 4.90 Å². The Morgan fingerprint density at radius 3 is 2.21 bits per heavy atom. The Bertz CT molecular complexity index is 1020. The molecule has 1 amide bonds. The molecule has 0 aliphatic heterocycles. The molecule has 1 aliphatic carbocycles. The first kappa shape index (κ1) is 21.3. The second-order valence-electron chi connectivity index (χ2n) is 7.99. The van der Waals surface area contributed by atoms with E-state index in [0.717, 1.165) is 0 Å². The third kappa shape index (κ3) is 4.16. The highest BCUT2D eigenvalue weighted by Crippen LogP contribution is 2.56. The number of nitrogens with one attached hydrogen (secondary N) is 1. The summed E-state index contributed by atoms with van der Waals surface area (Å²) in [6.07, 6.45) is -0.355. The van der Waals surface area contributed by atoms with Gasteiger partial charge < -0.3 is 14.8 Å². The van der Waals surface area contributed by atoms with Crippen LogP contribution in [0.1, 0.15) is 32.3 Å². The second kappa shape index (κ2) is 7.46. The maximum absolute atomic E-state index is 13.3. The summed E-state index contributed by atoms with van der Waals surface area (Å²) in [5.74, 6) is -0.741. The molecule has 2 aromatic rings. The molecule has 0 spiro atoms. The Labute approximate surface area is 175 Å². The van der Waals surface area contributed by atoms with Gasteiger partial charge in [0, 0.05) is 10.9 Å². The van der Waals surface area contributed by atoms with E-state index in [2.05, 4.69) is 5.32 Å². The molecular formula is C21H22ClNO5S. The zero-order valence-corrected chi connectivity index (χ0v) is 17.8. The zero-order chi connectivity index (χ0) is 21.4. The van der Waals surface area contributed by atoms with Crippen LogP contribution >= 0.6 is 11.6 Å². The molecule has 0 radical (unpaired) electrons. The van der Waals surface area contributed by atoms with Gasteiger partial charge >= 0.3 is 6.09 Å². The van der Waals surface area contributed by atoms with E-state index >= 15 is 0 Å². The summed E-state index contributed by atoms with van der Waals surface area (Å²) in [5.41, 5.74) is -1.78. The summed E-state index contributed by atoms with van der Waals surface area (Å²) >= 11 is 5.87. The van der Waals surface area contributed by atoms with Crippen LogP contribution in [0.3, 0.4) is 0 Å². The summed E-state index contributed by atoms with van der Waals surface area (Å²) in [4.78, 5) is 24.6. The van der Waals surface area contributed by atoms with Gasteiger partial charge in [-0.25, -0.2) is 13.2 Å². The largest absolute Gasteiger partial charge is 0.444 e. The predicted molar refractivity (Wildman–Crippen MR) is 110 cm³/mol. The van der Waals surface area contributed by atoms with E-state index < -0.39 is 38.2 Å². The van der Waals surface area contributed by atoms with Crippen molar-refractivity contribution < 1.29 is 22.7 Å². The molecule has 1 aliphatic rings. The number of carbonyl (C=O) groups excluding carboxylic acids is 2. The maximum atomic E-state index is 13.3. The first-order chi connectivity index (χ1) is 13.5. The van der Waals surface area contributed by atoms with E-state index in [9.17, 15) is 18.0 Å². The lowest BCUT2D eigenvalue weighted by molar-refractivity contribution is -0.110. The van der Waals surface area contributed by atoms with E-state index in [1.165, 1.54) is 24.3 Å². The van der Waals surface area contributed by atoms with Crippen LogP contribution in [0.25, 0.3) is 0 Å². The van der Waals surface area contributed by atoms with Gasteiger partial charge in [0.15, 0.2) is 9.84 Å². The van der Waals surface area contributed by atoms with Crippen molar-refractivity contribution in [2.45, 2.75) is 48.0 Å². The zero-order valence-electron chi connectivity index (χ0n) is 16.3. The highest BCUT2D eigenvalue weighted by Gasteiger charge is 2.73. The molecule has 29 heavy (non-hydrogen) atoms. The summed E-state index contributed by atoms with van der Waals surface area (Å²) in [6, 6.07) is 14.5. The molecule has 3 rings (SSSR count). The van der Waals surface area contributed by atoms with Crippen molar-refractivity contribution in [1.82, 2.24) is 5.32 Å². The van der Waals surface area contributed by atoms with E-state index in [0.29, 0.717) is 16.9 Å². The van der Waals surface area contributed by atoms with Crippen LogP contribution in [0.2, 0.25) is 5.02 Å². The smallest absolute Gasteiger partial charge is 0.408 e. The number of alkyl carbamates (subject to hydrolysis) is 1. The monoisotopic (exact) mass is 435 g/mol. The fourth-order valence-corrected chi connectivity index (χ4v) is 5.86. The topological polar surface area (TPSA) is 89.5 Å². The maximum Gasteiger partial charge on any atom is 0.408 e. The van der Waals surface area contributed by atoms with Gasteiger partial charge in [-0.15, -0.1) is 0 Å². The first-order valence-electron chi connectivity index (χ1n) is 9.03. The normalized spacial score (nSPS) is 23.9. The molecule has 0 heterocycles. The van der Waals surface area contributed by atoms with Gasteiger partial charge in [-0.05, 0) is 50.6 Å². The Balaban J connectivity index is 2.03. The summed E-state index contributed by atoms with van der Waals surface area (Å²) < 4.78 is 31.9. The number of rotatable bonds is 5. The van der Waals surface area contributed by atoms with Crippen LogP contribution in [-0.2, 0) is 19.4 Å². The SMILES string of the molecule is CC(C)(C)OC(=O)N[C@@]1(C=O)[C@H](c2ccccc2)[C@@H]1S(=O)(=O)c1ccc(Cl)cc1. The van der Waals surface area contributed by atoms with E-state index in [4.69, 9.17) is 16.3 Å². The van der Waals surface area contributed by atoms with E-state index in [1.54, 1.807) is 51.1 Å². The molecule has 0 unspecified atom stereocenters. The number of carbonyl (C=O) groups is 2. The van der Waals surface area contributed by atoms with Crippen molar-refractivity contribution in [2.75, 3.05) is 0 Å². The molecule has 2 aromatic carbocycles. The van der Waals surface area contributed by atoms with Crippen LogP contribution in [0, 0.1) is 0 Å². The molecule has 0 aromatic heterocycles. The van der Waals surface area contributed by atoms with Crippen LogP contribution in [-0.4, -0.2) is 37.2 Å². The van der Waals surface area contributed by atoms with Crippen LogP contribution < -0.4 is 5.32 Å². The lowest BCUT2D eigenvalue weighted by Gasteiger charge is -2.22. The first-order valence-corrected chi connectivity index (χ1v) is 11.0. The predicted octanol–water partition coefficient (Wildman–Crippen LogP) is 3.74. The van der Waals surface area contributed by atoms with Gasteiger partial charge in [-0.3, -0.25) is 0 Å². The van der Waals surface area contributed by atoms with Crippen LogP contribution in [0.5, 0.6) is 0 Å². The molecule has 8 heteroatoms. The Morgan fingerprint density at radius 1 is 1.10 bits per heavy atom. The third-order valence-corrected chi connectivity index (χ3v) is 7.24. The number of hydrogen-bond donors (Lipinski definition) is 1. The van der Waals surface area contributed by atoms with Gasteiger partial charge in [0.05, 0.1) is 4.90 Å². The number of hydrogen-bond acceptors (Lipinski definition) is 5. The molecule has 154 valence electrons. The molecule has 1 fully saturated rings. The van der Waals surface area contributed by atoms with Crippen molar-refractivity contribution in [3.8, 4) is 0 Å². The number of amides is 1. The fraction of sp³-hybridized carbons (Fsp3) is 0.333. The molecule has 6 nitrogen and oxygen atoms in total. The lowest BCUT2D eigenvalue weighted by Crippen LogP contribution is -2.45. The van der Waals surface area contributed by atoms with Crippen molar-refractivity contribution in [1.29, 1.82) is 0 Å². The minimum atomic E-state index is -3.95. The number of aldehydes is 1. The van der Waals surface area contributed by atoms with Gasteiger partial charge in [0.2, 0.25) is 0 Å². The Kier molecular flexibility index (Phi) is 5.49.